The van der Waals surface area contributed by atoms with Crippen LogP contribution in [0.3, 0.4) is 0 Å². The molecule has 5 heteroatoms. The van der Waals surface area contributed by atoms with Crippen LogP contribution in [0.4, 0.5) is 0 Å². The molecule has 2 rings (SSSR count). The summed E-state index contributed by atoms with van der Waals surface area (Å²) in [5.74, 6) is 1.28. The largest absolute Gasteiger partial charge is 0.380 e. The topological polar surface area (TPSA) is 45.7 Å². The van der Waals surface area contributed by atoms with Gasteiger partial charge in [0.15, 0.2) is 5.96 Å². The molecule has 26 heavy (non-hydrogen) atoms. The minimum atomic E-state index is 0. The van der Waals surface area contributed by atoms with Gasteiger partial charge in [0.2, 0.25) is 0 Å². The summed E-state index contributed by atoms with van der Waals surface area (Å²) in [5.41, 5.74) is 3.70. The fourth-order valence-corrected chi connectivity index (χ4v) is 2.57. The van der Waals surface area contributed by atoms with Crippen molar-refractivity contribution in [3.63, 3.8) is 0 Å². The molecule has 1 atom stereocenters. The lowest BCUT2D eigenvalue weighted by molar-refractivity contribution is 0.185. The van der Waals surface area contributed by atoms with E-state index in [9.17, 15) is 0 Å². The summed E-state index contributed by atoms with van der Waals surface area (Å²) < 4.78 is 5.14. The van der Waals surface area contributed by atoms with Gasteiger partial charge in [0.25, 0.3) is 0 Å². The summed E-state index contributed by atoms with van der Waals surface area (Å²) in [4.78, 5) is 4.69. The summed E-state index contributed by atoms with van der Waals surface area (Å²) in [5, 5.41) is 6.75. The van der Waals surface area contributed by atoms with Gasteiger partial charge in [-0.1, -0.05) is 61.5 Å². The number of guanidine groups is 1. The molecule has 0 amide bonds. The number of aliphatic imine (C=N–C) groups is 1. The standard InChI is InChI=1S/C21H29N3O.HI/c1-4-22-21(23-14-17(2)20-8-6-5-7-9-20)24-15-18-10-12-19(13-11-18)16-25-3;/h5-13,17H,4,14-16H2,1-3H3,(H2,22,23,24);1H. The average molecular weight is 467 g/mol. The van der Waals surface area contributed by atoms with Gasteiger partial charge in [-0.25, -0.2) is 4.99 Å². The third kappa shape index (κ3) is 7.74. The zero-order valence-electron chi connectivity index (χ0n) is 15.9. The van der Waals surface area contributed by atoms with Gasteiger partial charge in [-0.15, -0.1) is 24.0 Å². The lowest BCUT2D eigenvalue weighted by atomic mass is 10.0. The fourth-order valence-electron chi connectivity index (χ4n) is 2.57. The van der Waals surface area contributed by atoms with E-state index in [0.29, 0.717) is 19.1 Å². The second-order valence-electron chi connectivity index (χ2n) is 6.14. The molecule has 0 bridgehead atoms. The van der Waals surface area contributed by atoms with Crippen LogP contribution in [0, 0.1) is 0 Å². The molecule has 0 fully saturated rings. The third-order valence-corrected chi connectivity index (χ3v) is 4.04. The highest BCUT2D eigenvalue weighted by Gasteiger charge is 2.06. The predicted octanol–water partition coefficient (Wildman–Crippen LogP) is 4.31. The summed E-state index contributed by atoms with van der Waals surface area (Å²) in [6.07, 6.45) is 0. The number of benzene rings is 2. The number of hydrogen-bond donors (Lipinski definition) is 2. The normalized spacial score (nSPS) is 12.2. The molecule has 2 aromatic rings. The molecule has 0 spiro atoms. The Kier molecular flexibility index (Phi) is 11.0. The van der Waals surface area contributed by atoms with E-state index in [1.807, 2.05) is 6.07 Å². The second kappa shape index (κ2) is 12.7. The second-order valence-corrected chi connectivity index (χ2v) is 6.14. The van der Waals surface area contributed by atoms with Crippen molar-refractivity contribution in [3.8, 4) is 0 Å². The van der Waals surface area contributed by atoms with Crippen LogP contribution >= 0.6 is 24.0 Å². The van der Waals surface area contributed by atoms with Crippen molar-refractivity contribution in [1.82, 2.24) is 10.6 Å². The van der Waals surface area contributed by atoms with Crippen LogP contribution in [0.1, 0.15) is 36.5 Å². The Bertz CT molecular complexity index is 644. The van der Waals surface area contributed by atoms with Crippen LogP contribution in [0.2, 0.25) is 0 Å². The van der Waals surface area contributed by atoms with E-state index in [1.165, 1.54) is 16.7 Å². The highest BCUT2D eigenvalue weighted by Crippen LogP contribution is 2.13. The van der Waals surface area contributed by atoms with Crippen molar-refractivity contribution in [1.29, 1.82) is 0 Å². The zero-order valence-corrected chi connectivity index (χ0v) is 18.2. The minimum absolute atomic E-state index is 0. The number of hydrogen-bond acceptors (Lipinski definition) is 2. The van der Waals surface area contributed by atoms with Gasteiger partial charge in [0.1, 0.15) is 0 Å². The first-order valence-corrected chi connectivity index (χ1v) is 8.86. The van der Waals surface area contributed by atoms with Crippen LogP contribution in [0.5, 0.6) is 0 Å². The maximum Gasteiger partial charge on any atom is 0.191 e. The van der Waals surface area contributed by atoms with Crippen molar-refractivity contribution in [2.45, 2.75) is 32.9 Å². The molecular formula is C21H30IN3O. The molecule has 4 nitrogen and oxygen atoms in total. The summed E-state index contributed by atoms with van der Waals surface area (Å²) in [6.45, 7) is 7.30. The molecule has 1 unspecified atom stereocenters. The molecule has 2 aromatic carbocycles. The van der Waals surface area contributed by atoms with Gasteiger partial charge >= 0.3 is 0 Å². The number of nitrogens with one attached hydrogen (secondary N) is 2. The maximum absolute atomic E-state index is 5.14. The Morgan fingerprint density at radius 2 is 1.65 bits per heavy atom. The number of methoxy groups -OCH3 is 1. The third-order valence-electron chi connectivity index (χ3n) is 4.04. The predicted molar refractivity (Wildman–Crippen MR) is 120 cm³/mol. The average Bonchev–Trinajstić information content (AvgIpc) is 2.66. The van der Waals surface area contributed by atoms with Gasteiger partial charge in [-0.05, 0) is 29.5 Å². The number of rotatable bonds is 8. The number of nitrogens with zero attached hydrogens (tertiary/aromatic N) is 1. The van der Waals surface area contributed by atoms with Crippen molar-refractivity contribution < 1.29 is 4.74 Å². The van der Waals surface area contributed by atoms with Crippen molar-refractivity contribution in [2.24, 2.45) is 4.99 Å². The highest BCUT2D eigenvalue weighted by molar-refractivity contribution is 14.0. The van der Waals surface area contributed by atoms with Gasteiger partial charge in [0.05, 0.1) is 13.2 Å². The van der Waals surface area contributed by atoms with Crippen molar-refractivity contribution >= 4 is 29.9 Å². The van der Waals surface area contributed by atoms with Gasteiger partial charge in [-0.3, -0.25) is 0 Å². The molecule has 142 valence electrons. The van der Waals surface area contributed by atoms with Crippen LogP contribution in [0.15, 0.2) is 59.6 Å². The molecule has 0 saturated carbocycles. The molecule has 0 aromatic heterocycles. The summed E-state index contributed by atoms with van der Waals surface area (Å²) >= 11 is 0. The minimum Gasteiger partial charge on any atom is -0.380 e. The molecule has 0 heterocycles. The van der Waals surface area contributed by atoms with E-state index >= 15 is 0 Å². The van der Waals surface area contributed by atoms with Crippen LogP contribution in [-0.4, -0.2) is 26.2 Å². The molecule has 0 saturated heterocycles. The Morgan fingerprint density at radius 1 is 1.00 bits per heavy atom. The Morgan fingerprint density at radius 3 is 2.27 bits per heavy atom. The molecule has 0 aliphatic heterocycles. The zero-order chi connectivity index (χ0) is 17.9. The van der Waals surface area contributed by atoms with Crippen molar-refractivity contribution in [3.05, 3.63) is 71.3 Å². The van der Waals surface area contributed by atoms with E-state index in [4.69, 9.17) is 4.74 Å². The number of halogens is 1. The SMILES string of the molecule is CCNC(=NCc1ccc(COC)cc1)NCC(C)c1ccccc1.I. The van der Waals surface area contributed by atoms with E-state index in [1.54, 1.807) is 7.11 Å². The Labute approximate surface area is 174 Å². The molecule has 0 radical (unpaired) electrons. The lowest BCUT2D eigenvalue weighted by Gasteiger charge is -2.16. The van der Waals surface area contributed by atoms with E-state index in [0.717, 1.165) is 19.0 Å². The summed E-state index contributed by atoms with van der Waals surface area (Å²) in [6, 6.07) is 18.9. The first-order valence-electron chi connectivity index (χ1n) is 8.86. The molecule has 0 aliphatic carbocycles. The monoisotopic (exact) mass is 467 g/mol. The van der Waals surface area contributed by atoms with E-state index in [2.05, 4.69) is 78.0 Å². The van der Waals surface area contributed by atoms with Crippen LogP contribution in [0.25, 0.3) is 0 Å². The molecule has 2 N–H and O–H groups in total. The fraction of sp³-hybridized carbons (Fsp3) is 0.381. The smallest absolute Gasteiger partial charge is 0.191 e. The van der Waals surface area contributed by atoms with E-state index < -0.39 is 0 Å². The van der Waals surface area contributed by atoms with Gasteiger partial charge < -0.3 is 15.4 Å². The van der Waals surface area contributed by atoms with Gasteiger partial charge in [-0.2, -0.15) is 0 Å². The summed E-state index contributed by atoms with van der Waals surface area (Å²) in [7, 11) is 1.71. The lowest BCUT2D eigenvalue weighted by Crippen LogP contribution is -2.39. The number of ether oxygens (including phenoxy) is 1. The van der Waals surface area contributed by atoms with Crippen molar-refractivity contribution in [2.75, 3.05) is 20.2 Å². The first kappa shape index (κ1) is 22.4. The van der Waals surface area contributed by atoms with Crippen LogP contribution in [-0.2, 0) is 17.9 Å². The first-order chi connectivity index (χ1) is 12.2. The van der Waals surface area contributed by atoms with Gasteiger partial charge in [0, 0.05) is 20.2 Å². The highest BCUT2D eigenvalue weighted by atomic mass is 127. The molecular weight excluding hydrogens is 437 g/mol. The van der Waals surface area contributed by atoms with Crippen LogP contribution < -0.4 is 10.6 Å². The quantitative estimate of drug-likeness (QED) is 0.346. The maximum atomic E-state index is 5.14. The molecule has 0 aliphatic rings. The Balaban J connectivity index is 0.00000338. The van der Waals surface area contributed by atoms with E-state index in [-0.39, 0.29) is 24.0 Å². The Hall–Kier alpha value is -1.60.